The molecule has 1 heterocycles. The maximum atomic E-state index is 12.3. The Kier molecular flexibility index (Phi) is 6.35. The number of carbonyl (C=O) groups is 1. The number of fused-ring (bicyclic) bond motifs is 1. The van der Waals surface area contributed by atoms with E-state index >= 15 is 0 Å². The number of rotatable bonds is 9. The van der Waals surface area contributed by atoms with Crippen molar-refractivity contribution in [2.45, 2.75) is 12.8 Å². The number of nitrogens with zero attached hydrogens (tertiary/aromatic N) is 2. The highest BCUT2D eigenvalue weighted by molar-refractivity contribution is 5.92. The summed E-state index contributed by atoms with van der Waals surface area (Å²) in [5, 5.41) is 2.93. The first-order valence-electron chi connectivity index (χ1n) is 8.69. The molecule has 1 N–H and O–H groups in total. The number of imidazole rings is 1. The van der Waals surface area contributed by atoms with Crippen LogP contribution in [0.3, 0.4) is 0 Å². The fourth-order valence-corrected chi connectivity index (χ4v) is 2.71. The number of amides is 1. The average Bonchev–Trinajstić information content (AvgIpc) is 3.03. The molecule has 1 amide bonds. The molecule has 6 nitrogen and oxygen atoms in total. The van der Waals surface area contributed by atoms with Crippen LogP contribution in [0.4, 0.5) is 5.95 Å². The van der Waals surface area contributed by atoms with Crippen LogP contribution in [-0.2, 0) is 14.3 Å². The summed E-state index contributed by atoms with van der Waals surface area (Å²) in [4.78, 5) is 16.9. The SMILES string of the molecule is COCCOCCCC(=O)Nc1nc2ccccc2n1-c1ccccc1. The Labute approximate surface area is 152 Å². The van der Waals surface area contributed by atoms with Crippen LogP contribution >= 0.6 is 0 Å². The molecule has 6 heteroatoms. The number of benzene rings is 2. The van der Waals surface area contributed by atoms with Crippen LogP contribution in [0.1, 0.15) is 12.8 Å². The molecule has 0 bridgehead atoms. The van der Waals surface area contributed by atoms with Crippen LogP contribution in [0, 0.1) is 0 Å². The van der Waals surface area contributed by atoms with E-state index in [0.717, 1.165) is 16.7 Å². The number of ether oxygens (including phenoxy) is 2. The van der Waals surface area contributed by atoms with Crippen molar-refractivity contribution in [1.82, 2.24) is 9.55 Å². The summed E-state index contributed by atoms with van der Waals surface area (Å²) in [6.07, 6.45) is 1.03. The standard InChI is InChI=1S/C20H23N3O3/c1-25-14-15-26-13-7-12-19(24)22-20-21-17-10-5-6-11-18(17)23(20)16-8-3-2-4-9-16/h2-6,8-11H,7,12-15H2,1H3,(H,21,22,24). The monoisotopic (exact) mass is 353 g/mol. The van der Waals surface area contributed by atoms with Gasteiger partial charge < -0.3 is 9.47 Å². The summed E-state index contributed by atoms with van der Waals surface area (Å²) < 4.78 is 12.3. The molecular weight excluding hydrogens is 330 g/mol. The number of hydrogen-bond donors (Lipinski definition) is 1. The highest BCUT2D eigenvalue weighted by Gasteiger charge is 2.14. The Morgan fingerprint density at radius 3 is 2.62 bits per heavy atom. The molecule has 1 aromatic heterocycles. The molecule has 0 saturated heterocycles. The number of nitrogens with one attached hydrogen (secondary N) is 1. The number of aromatic nitrogens is 2. The summed E-state index contributed by atoms with van der Waals surface area (Å²) in [7, 11) is 1.63. The lowest BCUT2D eigenvalue weighted by atomic mass is 10.3. The van der Waals surface area contributed by atoms with Crippen molar-refractivity contribution in [2.24, 2.45) is 0 Å². The van der Waals surface area contributed by atoms with Gasteiger partial charge in [0.25, 0.3) is 0 Å². The zero-order chi connectivity index (χ0) is 18.2. The van der Waals surface area contributed by atoms with Crippen LogP contribution in [0.5, 0.6) is 0 Å². The fraction of sp³-hybridized carbons (Fsp3) is 0.300. The summed E-state index contributed by atoms with van der Waals surface area (Å²) in [5.41, 5.74) is 2.76. The molecule has 0 radical (unpaired) electrons. The maximum absolute atomic E-state index is 12.3. The van der Waals surface area contributed by atoms with Gasteiger partial charge in [-0.2, -0.15) is 0 Å². The van der Waals surface area contributed by atoms with E-state index in [1.807, 2.05) is 59.2 Å². The second-order valence-electron chi connectivity index (χ2n) is 5.85. The number of para-hydroxylation sites is 3. The minimum Gasteiger partial charge on any atom is -0.382 e. The molecule has 2 aromatic carbocycles. The third-order valence-electron chi connectivity index (χ3n) is 3.95. The Balaban J connectivity index is 1.71. The highest BCUT2D eigenvalue weighted by Crippen LogP contribution is 2.24. The molecule has 0 aliphatic rings. The number of anilines is 1. The lowest BCUT2D eigenvalue weighted by Crippen LogP contribution is -2.16. The van der Waals surface area contributed by atoms with Gasteiger partial charge >= 0.3 is 0 Å². The van der Waals surface area contributed by atoms with Gasteiger partial charge in [0.2, 0.25) is 11.9 Å². The molecule has 0 unspecified atom stereocenters. The molecule has 26 heavy (non-hydrogen) atoms. The average molecular weight is 353 g/mol. The lowest BCUT2D eigenvalue weighted by molar-refractivity contribution is -0.116. The molecule has 0 fully saturated rings. The molecule has 0 aliphatic carbocycles. The van der Waals surface area contributed by atoms with E-state index in [1.165, 1.54) is 0 Å². The van der Waals surface area contributed by atoms with Crippen LogP contribution in [-0.4, -0.2) is 42.4 Å². The Morgan fingerprint density at radius 2 is 1.81 bits per heavy atom. The number of carbonyl (C=O) groups excluding carboxylic acids is 1. The first-order valence-corrected chi connectivity index (χ1v) is 8.69. The van der Waals surface area contributed by atoms with Gasteiger partial charge in [-0.05, 0) is 30.7 Å². The maximum Gasteiger partial charge on any atom is 0.226 e. The minimum absolute atomic E-state index is 0.0761. The topological polar surface area (TPSA) is 65.4 Å². The minimum atomic E-state index is -0.0761. The number of hydrogen-bond acceptors (Lipinski definition) is 4. The van der Waals surface area contributed by atoms with Crippen molar-refractivity contribution >= 4 is 22.9 Å². The molecule has 0 saturated carbocycles. The highest BCUT2D eigenvalue weighted by atomic mass is 16.5. The van der Waals surface area contributed by atoms with E-state index in [1.54, 1.807) is 7.11 Å². The van der Waals surface area contributed by atoms with Crippen LogP contribution in [0.25, 0.3) is 16.7 Å². The number of methoxy groups -OCH3 is 1. The van der Waals surface area contributed by atoms with E-state index in [9.17, 15) is 4.79 Å². The van der Waals surface area contributed by atoms with Crippen molar-refractivity contribution in [1.29, 1.82) is 0 Å². The smallest absolute Gasteiger partial charge is 0.226 e. The largest absolute Gasteiger partial charge is 0.382 e. The van der Waals surface area contributed by atoms with E-state index in [0.29, 0.717) is 38.6 Å². The predicted octanol–water partition coefficient (Wildman–Crippen LogP) is 3.41. The Hall–Kier alpha value is -2.70. The molecule has 3 aromatic rings. The van der Waals surface area contributed by atoms with E-state index < -0.39 is 0 Å². The summed E-state index contributed by atoms with van der Waals surface area (Å²) >= 11 is 0. The van der Waals surface area contributed by atoms with Crippen molar-refractivity contribution in [3.05, 3.63) is 54.6 Å². The zero-order valence-corrected chi connectivity index (χ0v) is 14.9. The second kappa shape index (κ2) is 9.12. The molecule has 0 spiro atoms. The zero-order valence-electron chi connectivity index (χ0n) is 14.9. The summed E-state index contributed by atoms with van der Waals surface area (Å²) in [5.74, 6) is 0.454. The predicted molar refractivity (Wildman–Crippen MR) is 102 cm³/mol. The van der Waals surface area contributed by atoms with Gasteiger partial charge in [-0.15, -0.1) is 0 Å². The third kappa shape index (κ3) is 4.47. The van der Waals surface area contributed by atoms with Gasteiger partial charge in [-0.3, -0.25) is 14.7 Å². The van der Waals surface area contributed by atoms with Gasteiger partial charge in [0.1, 0.15) is 0 Å². The lowest BCUT2D eigenvalue weighted by Gasteiger charge is -2.10. The molecule has 0 atom stereocenters. The molecular formula is C20H23N3O3. The van der Waals surface area contributed by atoms with Crippen LogP contribution < -0.4 is 5.32 Å². The van der Waals surface area contributed by atoms with Crippen molar-refractivity contribution < 1.29 is 14.3 Å². The quantitative estimate of drug-likeness (QED) is 0.599. The van der Waals surface area contributed by atoms with Crippen LogP contribution in [0.2, 0.25) is 0 Å². The van der Waals surface area contributed by atoms with Crippen LogP contribution in [0.15, 0.2) is 54.6 Å². The van der Waals surface area contributed by atoms with Gasteiger partial charge in [-0.25, -0.2) is 4.98 Å². The van der Waals surface area contributed by atoms with Gasteiger partial charge in [0.05, 0.1) is 24.2 Å². The third-order valence-corrected chi connectivity index (χ3v) is 3.95. The molecule has 3 rings (SSSR count). The molecule has 0 aliphatic heterocycles. The van der Waals surface area contributed by atoms with Crippen molar-refractivity contribution in [2.75, 3.05) is 32.2 Å². The van der Waals surface area contributed by atoms with E-state index in [-0.39, 0.29) is 5.91 Å². The second-order valence-corrected chi connectivity index (χ2v) is 5.85. The van der Waals surface area contributed by atoms with E-state index in [2.05, 4.69) is 10.3 Å². The normalized spacial score (nSPS) is 11.0. The first-order chi connectivity index (χ1) is 12.8. The Bertz CT molecular complexity index is 846. The Morgan fingerprint density at radius 1 is 1.04 bits per heavy atom. The summed E-state index contributed by atoms with van der Waals surface area (Å²) in [6.45, 7) is 1.64. The van der Waals surface area contributed by atoms with Crippen molar-refractivity contribution in [3.8, 4) is 5.69 Å². The van der Waals surface area contributed by atoms with Crippen molar-refractivity contribution in [3.63, 3.8) is 0 Å². The van der Waals surface area contributed by atoms with Gasteiger partial charge in [-0.1, -0.05) is 30.3 Å². The van der Waals surface area contributed by atoms with Gasteiger partial charge in [0.15, 0.2) is 0 Å². The molecule has 136 valence electrons. The van der Waals surface area contributed by atoms with E-state index in [4.69, 9.17) is 9.47 Å². The fourth-order valence-electron chi connectivity index (χ4n) is 2.71. The first kappa shape index (κ1) is 18.1. The van der Waals surface area contributed by atoms with Gasteiger partial charge in [0, 0.05) is 25.8 Å². The summed E-state index contributed by atoms with van der Waals surface area (Å²) in [6, 6.07) is 17.7.